The van der Waals surface area contributed by atoms with Gasteiger partial charge in [-0.05, 0) is 24.8 Å². The number of hydrogen-bond acceptors (Lipinski definition) is 3. The van der Waals surface area contributed by atoms with Crippen LogP contribution in [0.2, 0.25) is 0 Å². The molecule has 1 aromatic heterocycles. The van der Waals surface area contributed by atoms with Crippen molar-refractivity contribution in [1.29, 1.82) is 0 Å². The van der Waals surface area contributed by atoms with E-state index in [0.29, 0.717) is 17.3 Å². The van der Waals surface area contributed by atoms with Crippen LogP contribution >= 0.6 is 11.8 Å². The zero-order chi connectivity index (χ0) is 18.9. The monoisotopic (exact) mass is 378 g/mol. The molecule has 1 fully saturated rings. The highest BCUT2D eigenvalue weighted by Crippen LogP contribution is 2.49. The maximum Gasteiger partial charge on any atom is 0.283 e. The first kappa shape index (κ1) is 18.3. The van der Waals surface area contributed by atoms with E-state index < -0.39 is 0 Å². The fraction of sp³-hybridized carbons (Fsp3) is 0.391. The molecular formula is C23H26N2OS. The summed E-state index contributed by atoms with van der Waals surface area (Å²) in [5.74, 6) is 0.682. The lowest BCUT2D eigenvalue weighted by atomic mass is 9.64. The number of aromatic nitrogens is 2. The van der Waals surface area contributed by atoms with Crippen molar-refractivity contribution in [2.45, 2.75) is 55.5 Å². The van der Waals surface area contributed by atoms with Gasteiger partial charge in [0.05, 0.1) is 11.4 Å². The van der Waals surface area contributed by atoms with Crippen LogP contribution in [0.25, 0.3) is 11.3 Å². The molecule has 0 atom stereocenters. The third-order valence-electron chi connectivity index (χ3n) is 5.90. The van der Waals surface area contributed by atoms with E-state index in [1.54, 1.807) is 0 Å². The van der Waals surface area contributed by atoms with Gasteiger partial charge in [-0.3, -0.25) is 4.79 Å². The van der Waals surface area contributed by atoms with Crippen LogP contribution in [0.5, 0.6) is 0 Å². The van der Waals surface area contributed by atoms with E-state index in [9.17, 15) is 4.79 Å². The first-order valence-corrected chi connectivity index (χ1v) is 10.8. The van der Waals surface area contributed by atoms with Crippen LogP contribution < -0.4 is 5.56 Å². The summed E-state index contributed by atoms with van der Waals surface area (Å²) < 4.78 is 1.96. The predicted octanol–water partition coefficient (Wildman–Crippen LogP) is 5.13. The van der Waals surface area contributed by atoms with Crippen LogP contribution in [0.4, 0.5) is 0 Å². The van der Waals surface area contributed by atoms with Gasteiger partial charge in [0.1, 0.15) is 0 Å². The second-order valence-electron chi connectivity index (χ2n) is 7.59. The van der Waals surface area contributed by atoms with Crippen molar-refractivity contribution in [2.75, 3.05) is 5.75 Å². The van der Waals surface area contributed by atoms with Crippen molar-refractivity contribution in [2.24, 2.45) is 0 Å². The highest BCUT2D eigenvalue weighted by atomic mass is 32.2. The summed E-state index contributed by atoms with van der Waals surface area (Å²) in [6, 6.07) is 8.58. The summed E-state index contributed by atoms with van der Waals surface area (Å²) in [4.78, 5) is 18.2. The third kappa shape index (κ3) is 3.10. The molecule has 3 nitrogen and oxygen atoms in total. The zero-order valence-corrected chi connectivity index (χ0v) is 16.6. The summed E-state index contributed by atoms with van der Waals surface area (Å²) in [5.41, 5.74) is 4.74. The molecular weight excluding hydrogens is 352 g/mol. The first-order chi connectivity index (χ1) is 13.2. The van der Waals surface area contributed by atoms with Crippen LogP contribution in [-0.4, -0.2) is 15.3 Å². The Morgan fingerprint density at radius 1 is 1.15 bits per heavy atom. The minimum absolute atomic E-state index is 0.0184. The van der Waals surface area contributed by atoms with Gasteiger partial charge < -0.3 is 4.57 Å². The molecule has 1 saturated carbocycles. The first-order valence-electron chi connectivity index (χ1n) is 9.78. The number of hydrogen-bond donors (Lipinski definition) is 0. The Bertz CT molecular complexity index is 938. The molecule has 1 spiro atoms. The third-order valence-corrected chi connectivity index (χ3v) is 6.84. The molecule has 0 unspecified atom stereocenters. The molecule has 4 heteroatoms. The molecule has 2 aromatic rings. The summed E-state index contributed by atoms with van der Waals surface area (Å²) >= 11 is 1.47. The second-order valence-corrected chi connectivity index (χ2v) is 8.60. The molecule has 0 saturated heterocycles. The second kappa shape index (κ2) is 7.51. The molecule has 4 rings (SSSR count). The van der Waals surface area contributed by atoms with Crippen LogP contribution in [0.1, 0.15) is 43.4 Å². The van der Waals surface area contributed by atoms with Gasteiger partial charge in [-0.1, -0.05) is 67.4 Å². The minimum Gasteiger partial charge on any atom is -0.304 e. The molecule has 0 amide bonds. The highest BCUT2D eigenvalue weighted by molar-refractivity contribution is 7.99. The number of nitrogens with zero attached hydrogens (tertiary/aromatic N) is 2. The van der Waals surface area contributed by atoms with E-state index in [2.05, 4.69) is 37.4 Å². The average Bonchev–Trinajstić information content (AvgIpc) is 2.69. The molecule has 27 heavy (non-hydrogen) atoms. The van der Waals surface area contributed by atoms with E-state index in [1.807, 2.05) is 16.7 Å². The zero-order valence-electron chi connectivity index (χ0n) is 15.7. The molecule has 0 bridgehead atoms. The Kier molecular flexibility index (Phi) is 5.09. The SMILES string of the molecule is C=CCSc1nc2c(n(CC=C)c1=O)C1(CCCCC1)Cc1ccccc1-2. The van der Waals surface area contributed by atoms with Gasteiger partial charge in [-0.25, -0.2) is 4.98 Å². The van der Waals surface area contributed by atoms with Crippen molar-refractivity contribution in [3.05, 3.63) is 71.2 Å². The van der Waals surface area contributed by atoms with Crippen molar-refractivity contribution in [3.63, 3.8) is 0 Å². The van der Waals surface area contributed by atoms with Crippen molar-refractivity contribution < 1.29 is 0 Å². The van der Waals surface area contributed by atoms with Gasteiger partial charge in [0.2, 0.25) is 0 Å². The van der Waals surface area contributed by atoms with Gasteiger partial charge >= 0.3 is 0 Å². The predicted molar refractivity (Wildman–Crippen MR) is 114 cm³/mol. The van der Waals surface area contributed by atoms with Gasteiger partial charge in [0.15, 0.2) is 5.03 Å². The van der Waals surface area contributed by atoms with Gasteiger partial charge in [0.25, 0.3) is 5.56 Å². The van der Waals surface area contributed by atoms with Crippen LogP contribution in [0, 0.1) is 0 Å². The van der Waals surface area contributed by atoms with Crippen LogP contribution in [0.3, 0.4) is 0 Å². The smallest absolute Gasteiger partial charge is 0.283 e. The largest absolute Gasteiger partial charge is 0.304 e. The fourth-order valence-corrected chi connectivity index (χ4v) is 5.47. The molecule has 2 aliphatic rings. The highest BCUT2D eigenvalue weighted by Gasteiger charge is 2.43. The quantitative estimate of drug-likeness (QED) is 0.534. The Labute approximate surface area is 165 Å². The minimum atomic E-state index is 0.0184. The number of fused-ring (bicyclic) bond motifs is 4. The van der Waals surface area contributed by atoms with Gasteiger partial charge in [-0.15, -0.1) is 13.2 Å². The van der Waals surface area contributed by atoms with E-state index >= 15 is 0 Å². The van der Waals surface area contributed by atoms with E-state index in [0.717, 1.165) is 30.7 Å². The molecule has 1 aromatic carbocycles. The van der Waals surface area contributed by atoms with E-state index in [1.165, 1.54) is 42.2 Å². The normalized spacial score (nSPS) is 17.2. The van der Waals surface area contributed by atoms with Crippen LogP contribution in [0.15, 0.2) is 59.4 Å². The number of rotatable bonds is 5. The van der Waals surface area contributed by atoms with Crippen molar-refractivity contribution in [1.82, 2.24) is 9.55 Å². The Morgan fingerprint density at radius 3 is 2.67 bits per heavy atom. The Hall–Kier alpha value is -2.07. The van der Waals surface area contributed by atoms with Gasteiger partial charge in [-0.2, -0.15) is 0 Å². The Morgan fingerprint density at radius 2 is 1.93 bits per heavy atom. The van der Waals surface area contributed by atoms with Crippen molar-refractivity contribution >= 4 is 11.8 Å². The maximum absolute atomic E-state index is 13.3. The lowest BCUT2D eigenvalue weighted by molar-refractivity contribution is 0.269. The molecule has 0 N–H and O–H groups in total. The summed E-state index contributed by atoms with van der Waals surface area (Å²) in [7, 11) is 0. The number of benzene rings is 1. The summed E-state index contributed by atoms with van der Waals surface area (Å²) in [6.07, 6.45) is 10.6. The molecule has 2 aliphatic carbocycles. The van der Waals surface area contributed by atoms with Crippen molar-refractivity contribution in [3.8, 4) is 11.3 Å². The Balaban J connectivity index is 2.02. The summed E-state index contributed by atoms with van der Waals surface area (Å²) in [6.45, 7) is 8.23. The summed E-state index contributed by atoms with van der Waals surface area (Å²) in [5, 5.41) is 0.568. The van der Waals surface area contributed by atoms with E-state index in [4.69, 9.17) is 4.98 Å². The average molecular weight is 379 g/mol. The maximum atomic E-state index is 13.3. The van der Waals surface area contributed by atoms with Crippen LogP contribution in [-0.2, 0) is 18.4 Å². The topological polar surface area (TPSA) is 34.9 Å². The van der Waals surface area contributed by atoms with Gasteiger partial charge in [0, 0.05) is 23.3 Å². The number of thioether (sulfide) groups is 1. The lowest BCUT2D eigenvalue weighted by Gasteiger charge is -2.43. The standard InChI is InChI=1S/C23H26N2OS/c1-3-14-25-20-19(24-21(22(25)26)27-15-4-2)18-11-7-6-10-17(18)16-23(20)12-8-5-9-13-23/h3-4,6-7,10-11H,1-2,5,8-9,12-16H2. The van der Waals surface area contributed by atoms with E-state index in [-0.39, 0.29) is 11.0 Å². The molecule has 0 radical (unpaired) electrons. The molecule has 1 heterocycles. The number of allylic oxidation sites excluding steroid dienone is 1. The lowest BCUT2D eigenvalue weighted by Crippen LogP contribution is -2.42. The molecule has 0 aliphatic heterocycles. The fourth-order valence-electron chi connectivity index (χ4n) is 4.80. The molecule has 140 valence electrons.